The molecule has 1 aliphatic rings. The van der Waals surface area contributed by atoms with E-state index in [-0.39, 0.29) is 11.7 Å². The highest BCUT2D eigenvalue weighted by molar-refractivity contribution is 5.80. The van der Waals surface area contributed by atoms with E-state index in [2.05, 4.69) is 5.10 Å². The van der Waals surface area contributed by atoms with E-state index in [4.69, 9.17) is 4.74 Å². The minimum Gasteiger partial charge on any atom is -0.371 e. The lowest BCUT2D eigenvalue weighted by molar-refractivity contribution is 0.369. The summed E-state index contributed by atoms with van der Waals surface area (Å²) in [5.41, 5.74) is -0.0383. The summed E-state index contributed by atoms with van der Waals surface area (Å²) >= 11 is 0. The van der Waals surface area contributed by atoms with Gasteiger partial charge in [0, 0.05) is 5.39 Å². The van der Waals surface area contributed by atoms with Crippen molar-refractivity contribution in [3.8, 4) is 0 Å². The van der Waals surface area contributed by atoms with Gasteiger partial charge in [-0.2, -0.15) is 5.10 Å². The summed E-state index contributed by atoms with van der Waals surface area (Å²) in [6, 6.07) is 7.48. The number of hydrogen-bond acceptors (Lipinski definition) is 3. The molecule has 1 aromatic heterocycles. The first kappa shape index (κ1) is 8.61. The van der Waals surface area contributed by atoms with E-state index in [1.165, 1.54) is 4.68 Å². The minimum absolute atomic E-state index is 0.0383. The fourth-order valence-electron chi connectivity index (χ4n) is 1.62. The van der Waals surface area contributed by atoms with Crippen LogP contribution in [0.3, 0.4) is 0 Å². The maximum absolute atomic E-state index is 11.9. The minimum atomic E-state index is -0.0383. The number of hydrogen-bond donors (Lipinski definition) is 0. The van der Waals surface area contributed by atoms with Crippen LogP contribution in [0.4, 0.5) is 0 Å². The van der Waals surface area contributed by atoms with Crippen LogP contribution in [0.5, 0.6) is 0 Å². The molecule has 1 saturated heterocycles. The van der Waals surface area contributed by atoms with Crippen molar-refractivity contribution < 1.29 is 4.74 Å². The van der Waals surface area contributed by atoms with E-state index in [0.717, 1.165) is 12.0 Å². The molecule has 76 valence electrons. The first-order valence-electron chi connectivity index (χ1n) is 4.91. The molecular weight excluding hydrogens is 192 g/mol. The lowest BCUT2D eigenvalue weighted by Gasteiger charge is -2.02. The van der Waals surface area contributed by atoms with Crippen LogP contribution in [-0.4, -0.2) is 22.5 Å². The third-order valence-electron chi connectivity index (χ3n) is 2.54. The van der Waals surface area contributed by atoms with E-state index in [1.807, 2.05) is 24.3 Å². The fourth-order valence-corrected chi connectivity index (χ4v) is 1.62. The number of rotatable bonds is 2. The molecule has 0 spiro atoms. The second kappa shape index (κ2) is 3.17. The Balaban J connectivity index is 2.15. The third-order valence-corrected chi connectivity index (χ3v) is 2.54. The molecular formula is C11H10N2O2. The summed E-state index contributed by atoms with van der Waals surface area (Å²) in [5, 5.41) is 5.71. The van der Waals surface area contributed by atoms with Crippen LogP contribution in [0, 0.1) is 0 Å². The predicted molar refractivity (Wildman–Crippen MR) is 55.7 cm³/mol. The van der Waals surface area contributed by atoms with Gasteiger partial charge >= 0.3 is 0 Å². The smallest absolute Gasteiger partial charge is 0.274 e. The molecule has 1 unspecified atom stereocenters. The number of benzene rings is 1. The molecule has 1 aliphatic heterocycles. The fraction of sp³-hybridized carbons (Fsp3) is 0.273. The summed E-state index contributed by atoms with van der Waals surface area (Å²) in [4.78, 5) is 11.9. The van der Waals surface area contributed by atoms with Crippen LogP contribution in [0.2, 0.25) is 0 Å². The van der Waals surface area contributed by atoms with Crippen molar-refractivity contribution >= 4 is 10.8 Å². The van der Waals surface area contributed by atoms with Crippen molar-refractivity contribution in [1.82, 2.24) is 9.78 Å². The van der Waals surface area contributed by atoms with Crippen LogP contribution in [0.15, 0.2) is 35.3 Å². The highest BCUT2D eigenvalue weighted by Gasteiger charge is 2.23. The van der Waals surface area contributed by atoms with Crippen molar-refractivity contribution in [3.05, 3.63) is 40.8 Å². The molecule has 15 heavy (non-hydrogen) atoms. The Morgan fingerprint density at radius 1 is 1.47 bits per heavy atom. The van der Waals surface area contributed by atoms with Crippen molar-refractivity contribution in [2.45, 2.75) is 12.6 Å². The Hall–Kier alpha value is -1.68. The predicted octanol–water partition coefficient (Wildman–Crippen LogP) is 0.795. The molecule has 4 heteroatoms. The standard InChI is InChI=1S/C11H10N2O2/c14-11-10-4-2-1-3-8(10)5-12-13(11)6-9-7-15-9/h1-5,9H,6-7H2. The van der Waals surface area contributed by atoms with Gasteiger partial charge in [0.2, 0.25) is 0 Å². The zero-order chi connectivity index (χ0) is 10.3. The first-order chi connectivity index (χ1) is 7.34. The number of epoxide rings is 1. The molecule has 2 heterocycles. The number of fused-ring (bicyclic) bond motifs is 1. The van der Waals surface area contributed by atoms with Crippen molar-refractivity contribution in [1.29, 1.82) is 0 Å². The Morgan fingerprint density at radius 3 is 3.07 bits per heavy atom. The van der Waals surface area contributed by atoms with Gasteiger partial charge in [-0.15, -0.1) is 0 Å². The molecule has 1 aromatic carbocycles. The van der Waals surface area contributed by atoms with Gasteiger partial charge in [0.25, 0.3) is 5.56 Å². The molecule has 2 aromatic rings. The summed E-state index contributed by atoms with van der Waals surface area (Å²) in [6.45, 7) is 1.30. The van der Waals surface area contributed by atoms with Gasteiger partial charge in [0.1, 0.15) is 6.10 Å². The Bertz CT molecular complexity index is 558. The van der Waals surface area contributed by atoms with E-state index in [1.54, 1.807) is 6.20 Å². The molecule has 0 amide bonds. The van der Waals surface area contributed by atoms with Gasteiger partial charge in [-0.1, -0.05) is 18.2 Å². The Morgan fingerprint density at radius 2 is 2.27 bits per heavy atom. The number of nitrogens with zero attached hydrogens (tertiary/aromatic N) is 2. The lowest BCUT2D eigenvalue weighted by Crippen LogP contribution is -2.24. The van der Waals surface area contributed by atoms with Gasteiger partial charge in [-0.3, -0.25) is 4.79 Å². The molecule has 1 atom stereocenters. The summed E-state index contributed by atoms with van der Waals surface area (Å²) < 4.78 is 6.55. The maximum Gasteiger partial charge on any atom is 0.274 e. The van der Waals surface area contributed by atoms with Crippen LogP contribution >= 0.6 is 0 Å². The topological polar surface area (TPSA) is 47.4 Å². The van der Waals surface area contributed by atoms with Crippen molar-refractivity contribution in [2.75, 3.05) is 6.61 Å². The second-order valence-corrected chi connectivity index (χ2v) is 3.67. The molecule has 0 radical (unpaired) electrons. The summed E-state index contributed by atoms with van der Waals surface area (Å²) in [5.74, 6) is 0. The lowest BCUT2D eigenvalue weighted by atomic mass is 10.2. The third kappa shape index (κ3) is 1.53. The van der Waals surface area contributed by atoms with Crippen LogP contribution in [0.1, 0.15) is 0 Å². The van der Waals surface area contributed by atoms with Gasteiger partial charge in [0.05, 0.1) is 24.7 Å². The zero-order valence-electron chi connectivity index (χ0n) is 8.09. The molecule has 1 fully saturated rings. The molecule has 0 N–H and O–H groups in total. The largest absolute Gasteiger partial charge is 0.371 e. The van der Waals surface area contributed by atoms with E-state index >= 15 is 0 Å². The molecule has 0 bridgehead atoms. The monoisotopic (exact) mass is 202 g/mol. The zero-order valence-corrected chi connectivity index (χ0v) is 8.09. The first-order valence-corrected chi connectivity index (χ1v) is 4.91. The number of aromatic nitrogens is 2. The molecule has 0 saturated carbocycles. The second-order valence-electron chi connectivity index (χ2n) is 3.67. The highest BCUT2D eigenvalue weighted by Crippen LogP contribution is 2.11. The quantitative estimate of drug-likeness (QED) is 0.676. The molecule has 0 aliphatic carbocycles. The van der Waals surface area contributed by atoms with Crippen molar-refractivity contribution in [2.24, 2.45) is 0 Å². The van der Waals surface area contributed by atoms with Gasteiger partial charge in [-0.05, 0) is 6.07 Å². The van der Waals surface area contributed by atoms with Crippen LogP contribution in [-0.2, 0) is 11.3 Å². The molecule has 3 rings (SSSR count). The Labute approximate surface area is 86.1 Å². The van der Waals surface area contributed by atoms with Gasteiger partial charge in [0.15, 0.2) is 0 Å². The van der Waals surface area contributed by atoms with Crippen LogP contribution in [0.25, 0.3) is 10.8 Å². The SMILES string of the molecule is O=c1c2ccccc2cnn1CC1CO1. The summed E-state index contributed by atoms with van der Waals surface area (Å²) in [7, 11) is 0. The molecule has 4 nitrogen and oxygen atoms in total. The Kier molecular flexibility index (Phi) is 1.82. The maximum atomic E-state index is 11.9. The van der Waals surface area contributed by atoms with E-state index in [0.29, 0.717) is 11.9 Å². The average Bonchev–Trinajstić information content (AvgIpc) is 3.07. The van der Waals surface area contributed by atoms with Gasteiger partial charge < -0.3 is 4.74 Å². The normalized spacial score (nSPS) is 19.3. The van der Waals surface area contributed by atoms with Crippen LogP contribution < -0.4 is 5.56 Å². The van der Waals surface area contributed by atoms with Crippen molar-refractivity contribution in [3.63, 3.8) is 0 Å². The number of ether oxygens (including phenoxy) is 1. The van der Waals surface area contributed by atoms with E-state index < -0.39 is 0 Å². The average molecular weight is 202 g/mol. The highest BCUT2D eigenvalue weighted by atomic mass is 16.6. The van der Waals surface area contributed by atoms with E-state index in [9.17, 15) is 4.79 Å². The summed E-state index contributed by atoms with van der Waals surface area (Å²) in [6.07, 6.45) is 1.90. The van der Waals surface area contributed by atoms with Gasteiger partial charge in [-0.25, -0.2) is 4.68 Å².